The van der Waals surface area contributed by atoms with Gasteiger partial charge in [0.25, 0.3) is 17.7 Å². The third-order valence-corrected chi connectivity index (χ3v) is 7.47. The minimum atomic E-state index is -0.898. The number of likely N-dealkylation sites (tertiary alicyclic amines) is 1. The third kappa shape index (κ3) is 5.28. The van der Waals surface area contributed by atoms with Gasteiger partial charge < -0.3 is 4.90 Å². The van der Waals surface area contributed by atoms with Crippen LogP contribution in [0.5, 0.6) is 0 Å². The number of thiazole rings is 2. The summed E-state index contributed by atoms with van der Waals surface area (Å²) in [5, 5.41) is 3.23. The Balaban J connectivity index is 1.31. The summed E-state index contributed by atoms with van der Waals surface area (Å²) in [5.41, 5.74) is 4.94. The Morgan fingerprint density at radius 3 is 2.26 bits per heavy atom. The van der Waals surface area contributed by atoms with Gasteiger partial charge in [0.1, 0.15) is 22.2 Å². The molecule has 2 aromatic heterocycles. The van der Waals surface area contributed by atoms with Gasteiger partial charge in [0, 0.05) is 36.0 Å². The minimum Gasteiger partial charge on any atom is -0.338 e. The van der Waals surface area contributed by atoms with E-state index in [1.54, 1.807) is 5.38 Å². The van der Waals surface area contributed by atoms with Crippen LogP contribution in [-0.2, 0) is 0 Å². The molecule has 178 valence electrons. The molecule has 0 aliphatic carbocycles. The number of piperidine rings is 1. The molecule has 2 N–H and O–H groups in total. The van der Waals surface area contributed by atoms with Gasteiger partial charge in [-0.1, -0.05) is 0 Å². The van der Waals surface area contributed by atoms with Crippen LogP contribution in [0.2, 0.25) is 0 Å². The van der Waals surface area contributed by atoms with Crippen molar-refractivity contribution < 1.29 is 23.2 Å². The molecule has 0 atom stereocenters. The van der Waals surface area contributed by atoms with E-state index in [4.69, 9.17) is 0 Å². The number of nitrogens with one attached hydrogen (secondary N) is 2. The van der Waals surface area contributed by atoms with Crippen LogP contribution in [0.1, 0.15) is 65.0 Å². The zero-order valence-corrected chi connectivity index (χ0v) is 20.0. The molecule has 1 saturated heterocycles. The molecule has 3 aromatic rings. The molecule has 1 aliphatic rings. The van der Waals surface area contributed by atoms with Gasteiger partial charge in [-0.2, -0.15) is 0 Å². The molecule has 8 nitrogen and oxygen atoms in total. The Hall–Kier alpha value is -3.25. The lowest BCUT2D eigenvalue weighted by atomic mass is 9.97. The normalized spacial score (nSPS) is 14.2. The Morgan fingerprint density at radius 1 is 1.00 bits per heavy atom. The minimum absolute atomic E-state index is 0.00493. The van der Waals surface area contributed by atoms with E-state index < -0.39 is 23.4 Å². The van der Waals surface area contributed by atoms with E-state index in [-0.39, 0.29) is 23.1 Å². The predicted molar refractivity (Wildman–Crippen MR) is 123 cm³/mol. The number of aryl methyl sites for hydroxylation is 2. The molecule has 0 radical (unpaired) electrons. The van der Waals surface area contributed by atoms with E-state index in [1.807, 2.05) is 18.7 Å². The molecular formula is C22H21F2N5O3S2. The summed E-state index contributed by atoms with van der Waals surface area (Å²) < 4.78 is 26.5. The maximum absolute atomic E-state index is 13.3. The Bertz CT molecular complexity index is 1230. The topological polar surface area (TPSA) is 104 Å². The fourth-order valence-electron chi connectivity index (χ4n) is 3.72. The number of amides is 3. The van der Waals surface area contributed by atoms with E-state index >= 15 is 0 Å². The maximum atomic E-state index is 13.3. The van der Waals surface area contributed by atoms with Crippen LogP contribution in [0, 0.1) is 25.5 Å². The lowest BCUT2D eigenvalue weighted by Gasteiger charge is -2.30. The second kappa shape index (κ2) is 9.94. The van der Waals surface area contributed by atoms with Crippen molar-refractivity contribution in [1.29, 1.82) is 0 Å². The second-order valence-corrected chi connectivity index (χ2v) is 9.94. The standard InChI is InChI=1S/C22H21F2N5O3S2/c1-11-18(34-12(2)25-11)22(32)29-5-3-13(4-6-29)21-26-17(10-33-21)20(31)28-27-19(30)14-7-15(23)9-16(24)8-14/h7-10,13H,3-6H2,1-2H3,(H,27,30)(H,28,31). The van der Waals surface area contributed by atoms with E-state index in [2.05, 4.69) is 20.8 Å². The molecule has 0 spiro atoms. The van der Waals surface area contributed by atoms with Crippen LogP contribution in [-0.4, -0.2) is 45.7 Å². The predicted octanol–water partition coefficient (Wildman–Crippen LogP) is 3.59. The highest BCUT2D eigenvalue weighted by molar-refractivity contribution is 7.13. The van der Waals surface area contributed by atoms with E-state index in [1.165, 1.54) is 22.7 Å². The lowest BCUT2D eigenvalue weighted by Crippen LogP contribution is -2.41. The smallest absolute Gasteiger partial charge is 0.289 e. The number of hydrazine groups is 1. The van der Waals surface area contributed by atoms with Crippen LogP contribution in [0.15, 0.2) is 23.6 Å². The third-order valence-electron chi connectivity index (χ3n) is 5.40. The van der Waals surface area contributed by atoms with Crippen molar-refractivity contribution in [2.75, 3.05) is 13.1 Å². The highest BCUT2D eigenvalue weighted by atomic mass is 32.1. The molecule has 3 amide bonds. The van der Waals surface area contributed by atoms with Crippen molar-refractivity contribution in [2.45, 2.75) is 32.6 Å². The number of nitrogens with zero attached hydrogens (tertiary/aromatic N) is 3. The zero-order chi connectivity index (χ0) is 24.4. The number of hydrogen-bond donors (Lipinski definition) is 2. The summed E-state index contributed by atoms with van der Waals surface area (Å²) in [5.74, 6) is -3.18. The van der Waals surface area contributed by atoms with Crippen LogP contribution < -0.4 is 10.9 Å². The fraction of sp³-hybridized carbons (Fsp3) is 0.318. The molecule has 0 saturated carbocycles. The fourth-order valence-corrected chi connectivity index (χ4v) is 5.58. The summed E-state index contributed by atoms with van der Waals surface area (Å²) in [6.07, 6.45) is 1.44. The van der Waals surface area contributed by atoms with Gasteiger partial charge in [-0.05, 0) is 38.8 Å². The Kier molecular flexibility index (Phi) is 6.98. The zero-order valence-electron chi connectivity index (χ0n) is 18.4. The van der Waals surface area contributed by atoms with Gasteiger partial charge in [-0.25, -0.2) is 18.7 Å². The number of hydrogen-bond acceptors (Lipinski definition) is 7. The largest absolute Gasteiger partial charge is 0.338 e. The molecule has 34 heavy (non-hydrogen) atoms. The van der Waals surface area contributed by atoms with Crippen LogP contribution in [0.4, 0.5) is 8.78 Å². The van der Waals surface area contributed by atoms with Gasteiger partial charge in [-0.15, -0.1) is 22.7 Å². The number of rotatable bonds is 4. The molecule has 0 bridgehead atoms. The highest BCUT2D eigenvalue weighted by Crippen LogP contribution is 2.31. The monoisotopic (exact) mass is 505 g/mol. The summed E-state index contributed by atoms with van der Waals surface area (Å²) >= 11 is 2.74. The summed E-state index contributed by atoms with van der Waals surface area (Å²) in [6.45, 7) is 4.89. The average Bonchev–Trinajstić information content (AvgIpc) is 3.42. The first-order valence-corrected chi connectivity index (χ1v) is 12.2. The van der Waals surface area contributed by atoms with Crippen molar-refractivity contribution in [3.63, 3.8) is 0 Å². The summed E-state index contributed by atoms with van der Waals surface area (Å²) in [4.78, 5) is 48.4. The number of halogens is 2. The summed E-state index contributed by atoms with van der Waals surface area (Å²) in [6, 6.07) is 2.37. The van der Waals surface area contributed by atoms with Crippen molar-refractivity contribution in [3.05, 3.63) is 67.1 Å². The number of carbonyl (C=O) groups is 3. The molecule has 3 heterocycles. The molecule has 1 aromatic carbocycles. The van der Waals surface area contributed by atoms with Gasteiger partial charge in [0.15, 0.2) is 0 Å². The maximum Gasteiger partial charge on any atom is 0.289 e. The summed E-state index contributed by atoms with van der Waals surface area (Å²) in [7, 11) is 0. The van der Waals surface area contributed by atoms with Gasteiger partial charge in [0.2, 0.25) is 0 Å². The second-order valence-electron chi connectivity index (χ2n) is 7.85. The van der Waals surface area contributed by atoms with Crippen molar-refractivity contribution in [3.8, 4) is 0 Å². The molecule has 1 fully saturated rings. The lowest BCUT2D eigenvalue weighted by molar-refractivity contribution is 0.0716. The van der Waals surface area contributed by atoms with Gasteiger partial charge in [0.05, 0.1) is 15.7 Å². The number of benzene rings is 1. The van der Waals surface area contributed by atoms with Crippen LogP contribution >= 0.6 is 22.7 Å². The SMILES string of the molecule is Cc1nc(C)c(C(=O)N2CCC(c3nc(C(=O)NNC(=O)c4cc(F)cc(F)c4)cs3)CC2)s1. The van der Waals surface area contributed by atoms with Gasteiger partial charge >= 0.3 is 0 Å². The van der Waals surface area contributed by atoms with Crippen molar-refractivity contribution >= 4 is 40.4 Å². The molecule has 1 aliphatic heterocycles. The number of aromatic nitrogens is 2. The molecule has 12 heteroatoms. The first-order chi connectivity index (χ1) is 16.2. The van der Waals surface area contributed by atoms with E-state index in [0.29, 0.717) is 24.0 Å². The first-order valence-electron chi connectivity index (χ1n) is 10.5. The van der Waals surface area contributed by atoms with Crippen molar-refractivity contribution in [1.82, 2.24) is 25.7 Å². The molecular weight excluding hydrogens is 484 g/mol. The van der Waals surface area contributed by atoms with E-state index in [9.17, 15) is 23.2 Å². The average molecular weight is 506 g/mol. The Labute approximate surface area is 202 Å². The highest BCUT2D eigenvalue weighted by Gasteiger charge is 2.28. The number of carbonyl (C=O) groups excluding carboxylic acids is 3. The van der Waals surface area contributed by atoms with E-state index in [0.717, 1.165) is 40.7 Å². The quantitative estimate of drug-likeness (QED) is 0.528. The van der Waals surface area contributed by atoms with Crippen molar-refractivity contribution in [2.24, 2.45) is 0 Å². The Morgan fingerprint density at radius 2 is 1.65 bits per heavy atom. The van der Waals surface area contributed by atoms with Crippen LogP contribution in [0.3, 0.4) is 0 Å². The first kappa shape index (κ1) is 23.9. The van der Waals surface area contributed by atoms with Gasteiger partial charge in [-0.3, -0.25) is 25.2 Å². The molecule has 4 rings (SSSR count). The molecule has 0 unspecified atom stereocenters. The van der Waals surface area contributed by atoms with Crippen LogP contribution in [0.25, 0.3) is 0 Å².